The lowest BCUT2D eigenvalue weighted by atomic mass is 10.2. The summed E-state index contributed by atoms with van der Waals surface area (Å²) in [6.45, 7) is 1.93. The van der Waals surface area contributed by atoms with Crippen LogP contribution in [0, 0.1) is 0 Å². The summed E-state index contributed by atoms with van der Waals surface area (Å²) in [5.74, 6) is 0. The number of nitrogens with one attached hydrogen (secondary N) is 1. The van der Waals surface area contributed by atoms with Gasteiger partial charge in [0.1, 0.15) is 0 Å². The van der Waals surface area contributed by atoms with Crippen molar-refractivity contribution in [3.8, 4) is 0 Å². The molecule has 0 bridgehead atoms. The third-order valence-electron chi connectivity index (χ3n) is 1.61. The van der Waals surface area contributed by atoms with Gasteiger partial charge in [0.2, 0.25) is 0 Å². The van der Waals surface area contributed by atoms with Crippen molar-refractivity contribution in [2.24, 2.45) is 5.14 Å². The van der Waals surface area contributed by atoms with E-state index in [-0.39, 0.29) is 5.25 Å². The fourth-order valence-corrected chi connectivity index (χ4v) is 1.73. The Bertz CT molecular complexity index is 112. The minimum absolute atomic E-state index is 0.242. The topological polar surface area (TPSA) is 55.1 Å². The first-order chi connectivity index (χ1) is 4.30. The first-order valence-electron chi connectivity index (χ1n) is 3.16. The highest BCUT2D eigenvalue weighted by atomic mass is 32.2. The van der Waals surface area contributed by atoms with Crippen molar-refractivity contribution >= 4 is 11.0 Å². The molecule has 1 saturated heterocycles. The Hall–Kier alpha value is 0.0700. The van der Waals surface area contributed by atoms with E-state index in [9.17, 15) is 4.21 Å². The van der Waals surface area contributed by atoms with Gasteiger partial charge in [-0.05, 0) is 25.9 Å². The van der Waals surface area contributed by atoms with Crippen LogP contribution in [-0.4, -0.2) is 22.5 Å². The fourth-order valence-electron chi connectivity index (χ4n) is 1.03. The van der Waals surface area contributed by atoms with Crippen LogP contribution in [0.4, 0.5) is 0 Å². The lowest BCUT2D eigenvalue weighted by Gasteiger charge is -2.19. The van der Waals surface area contributed by atoms with Crippen molar-refractivity contribution in [2.75, 3.05) is 13.1 Å². The Morgan fingerprint density at radius 2 is 2.00 bits per heavy atom. The van der Waals surface area contributed by atoms with E-state index in [0.29, 0.717) is 0 Å². The Morgan fingerprint density at radius 3 is 2.33 bits per heavy atom. The van der Waals surface area contributed by atoms with Crippen LogP contribution in [0.15, 0.2) is 0 Å². The molecule has 3 N–H and O–H groups in total. The molecule has 0 radical (unpaired) electrons. The predicted molar refractivity (Wildman–Crippen MR) is 38.2 cm³/mol. The van der Waals surface area contributed by atoms with Gasteiger partial charge < -0.3 is 5.32 Å². The van der Waals surface area contributed by atoms with Gasteiger partial charge in [0, 0.05) is 0 Å². The van der Waals surface area contributed by atoms with Gasteiger partial charge in [-0.1, -0.05) is 0 Å². The van der Waals surface area contributed by atoms with E-state index in [1.807, 2.05) is 0 Å². The van der Waals surface area contributed by atoms with Gasteiger partial charge in [-0.15, -0.1) is 0 Å². The summed E-state index contributed by atoms with van der Waals surface area (Å²) in [7, 11) is -1.09. The van der Waals surface area contributed by atoms with E-state index in [4.69, 9.17) is 5.14 Å². The summed E-state index contributed by atoms with van der Waals surface area (Å²) in [6, 6.07) is 0. The van der Waals surface area contributed by atoms with Gasteiger partial charge in [0.15, 0.2) is 0 Å². The van der Waals surface area contributed by atoms with Crippen molar-refractivity contribution in [1.29, 1.82) is 0 Å². The van der Waals surface area contributed by atoms with Crippen molar-refractivity contribution in [3.05, 3.63) is 0 Å². The third kappa shape index (κ3) is 2.04. The molecule has 0 aromatic carbocycles. The van der Waals surface area contributed by atoms with Crippen LogP contribution >= 0.6 is 0 Å². The first-order valence-corrected chi connectivity index (χ1v) is 4.44. The summed E-state index contributed by atoms with van der Waals surface area (Å²) in [5.41, 5.74) is 0. The van der Waals surface area contributed by atoms with Gasteiger partial charge in [-0.2, -0.15) is 0 Å². The SMILES string of the molecule is NS(=O)C1CCNCC1. The highest BCUT2D eigenvalue weighted by molar-refractivity contribution is 7.83. The molecule has 0 aromatic rings. The van der Waals surface area contributed by atoms with Crippen molar-refractivity contribution in [1.82, 2.24) is 5.32 Å². The standard InChI is InChI=1S/C5H12N2OS/c6-9(8)5-1-3-7-4-2-5/h5,7H,1-4,6H2. The average molecular weight is 148 g/mol. The van der Waals surface area contributed by atoms with Gasteiger partial charge in [0.05, 0.1) is 16.2 Å². The Balaban J connectivity index is 2.31. The lowest BCUT2D eigenvalue weighted by Crippen LogP contribution is -2.35. The lowest BCUT2D eigenvalue weighted by molar-refractivity contribution is 0.520. The largest absolute Gasteiger partial charge is 0.317 e. The molecule has 0 amide bonds. The van der Waals surface area contributed by atoms with Crippen LogP contribution in [0.25, 0.3) is 0 Å². The van der Waals surface area contributed by atoms with E-state index in [1.54, 1.807) is 0 Å². The summed E-state index contributed by atoms with van der Waals surface area (Å²) in [5, 5.41) is 8.63. The maximum atomic E-state index is 10.7. The average Bonchev–Trinajstić information content (AvgIpc) is 1.90. The summed E-state index contributed by atoms with van der Waals surface area (Å²) >= 11 is 0. The van der Waals surface area contributed by atoms with E-state index in [2.05, 4.69) is 5.32 Å². The van der Waals surface area contributed by atoms with Gasteiger partial charge in [-0.25, -0.2) is 4.21 Å². The maximum Gasteiger partial charge on any atom is 0.0920 e. The molecule has 1 aliphatic heterocycles. The van der Waals surface area contributed by atoms with Crippen LogP contribution in [0.2, 0.25) is 0 Å². The van der Waals surface area contributed by atoms with Gasteiger partial charge in [-0.3, -0.25) is 5.14 Å². The Kier molecular flexibility index (Phi) is 2.63. The maximum absolute atomic E-state index is 10.7. The first kappa shape index (κ1) is 7.18. The Morgan fingerprint density at radius 1 is 1.44 bits per heavy atom. The number of piperidine rings is 1. The monoisotopic (exact) mass is 148 g/mol. The zero-order chi connectivity index (χ0) is 6.69. The van der Waals surface area contributed by atoms with E-state index in [1.165, 1.54) is 0 Å². The fraction of sp³-hybridized carbons (Fsp3) is 1.00. The molecular formula is C5H12N2OS. The van der Waals surface area contributed by atoms with E-state index >= 15 is 0 Å². The van der Waals surface area contributed by atoms with Crippen molar-refractivity contribution < 1.29 is 4.21 Å². The highest BCUT2D eigenvalue weighted by Crippen LogP contribution is 2.05. The molecule has 1 heterocycles. The Labute approximate surface area is 57.6 Å². The van der Waals surface area contributed by atoms with Crippen molar-refractivity contribution in [2.45, 2.75) is 18.1 Å². The third-order valence-corrected chi connectivity index (χ3v) is 2.74. The molecule has 1 fully saturated rings. The minimum Gasteiger partial charge on any atom is -0.317 e. The molecule has 54 valence electrons. The zero-order valence-corrected chi connectivity index (χ0v) is 6.12. The molecule has 1 unspecified atom stereocenters. The second-order valence-electron chi connectivity index (χ2n) is 2.28. The molecule has 0 aromatic heterocycles. The van der Waals surface area contributed by atoms with E-state index in [0.717, 1.165) is 25.9 Å². The molecule has 4 heteroatoms. The molecule has 1 rings (SSSR count). The smallest absolute Gasteiger partial charge is 0.0920 e. The molecule has 0 saturated carbocycles. The minimum atomic E-state index is -1.09. The highest BCUT2D eigenvalue weighted by Gasteiger charge is 2.15. The van der Waals surface area contributed by atoms with Crippen LogP contribution in [0.5, 0.6) is 0 Å². The van der Waals surface area contributed by atoms with Crippen LogP contribution in [-0.2, 0) is 11.0 Å². The van der Waals surface area contributed by atoms with Gasteiger partial charge >= 0.3 is 0 Å². The summed E-state index contributed by atoms with van der Waals surface area (Å²) < 4.78 is 10.7. The number of nitrogens with two attached hydrogens (primary N) is 1. The second kappa shape index (κ2) is 3.29. The quantitative estimate of drug-likeness (QED) is 0.520. The molecular weight excluding hydrogens is 136 g/mol. The molecule has 9 heavy (non-hydrogen) atoms. The number of hydrogen-bond acceptors (Lipinski definition) is 2. The summed E-state index contributed by atoms with van der Waals surface area (Å²) in [6.07, 6.45) is 1.92. The molecule has 0 aliphatic carbocycles. The normalized spacial score (nSPS) is 25.9. The number of hydrogen-bond donors (Lipinski definition) is 2. The number of rotatable bonds is 1. The van der Waals surface area contributed by atoms with Crippen LogP contribution in [0.1, 0.15) is 12.8 Å². The van der Waals surface area contributed by atoms with Crippen molar-refractivity contribution in [3.63, 3.8) is 0 Å². The van der Waals surface area contributed by atoms with Crippen LogP contribution < -0.4 is 10.5 Å². The molecule has 0 spiro atoms. The van der Waals surface area contributed by atoms with E-state index < -0.39 is 11.0 Å². The molecule has 1 aliphatic rings. The second-order valence-corrected chi connectivity index (χ2v) is 3.60. The zero-order valence-electron chi connectivity index (χ0n) is 5.30. The summed E-state index contributed by atoms with van der Waals surface area (Å²) in [4.78, 5) is 0. The predicted octanol–water partition coefficient (Wildman–Crippen LogP) is -0.639. The molecule has 1 atom stereocenters. The van der Waals surface area contributed by atoms with Gasteiger partial charge in [0.25, 0.3) is 0 Å². The molecule has 3 nitrogen and oxygen atoms in total. The van der Waals surface area contributed by atoms with Crippen LogP contribution in [0.3, 0.4) is 0 Å².